The van der Waals surface area contributed by atoms with E-state index in [9.17, 15) is 4.55 Å². The molecule has 1 rings (SSSR count). The van der Waals surface area contributed by atoms with E-state index in [2.05, 4.69) is 25.3 Å². The average Bonchev–Trinajstić information content (AvgIpc) is 2.14. The molecule has 0 saturated carbocycles. The minimum absolute atomic E-state index is 0.328. The smallest absolute Gasteiger partial charge is 0.144 e. The van der Waals surface area contributed by atoms with Crippen molar-refractivity contribution in [2.45, 2.75) is 25.5 Å². The van der Waals surface area contributed by atoms with Gasteiger partial charge in [0.2, 0.25) is 0 Å². The Hall–Kier alpha value is -0.390. The summed E-state index contributed by atoms with van der Waals surface area (Å²) in [7, 11) is 0. The molecule has 3 nitrogen and oxygen atoms in total. The molecule has 0 aliphatic heterocycles. The molecule has 0 aliphatic carbocycles. The molecule has 1 unspecified atom stereocenters. The molecule has 82 valence electrons. The van der Waals surface area contributed by atoms with Crippen molar-refractivity contribution in [2.24, 2.45) is 4.40 Å². The lowest BCUT2D eigenvalue weighted by Crippen LogP contribution is -2.25. The van der Waals surface area contributed by atoms with Crippen LogP contribution in [0.2, 0.25) is 0 Å². The first-order chi connectivity index (χ1) is 6.91. The van der Waals surface area contributed by atoms with Crippen molar-refractivity contribution in [3.8, 4) is 0 Å². The summed E-state index contributed by atoms with van der Waals surface area (Å²) in [6, 6.07) is 1.82. The van der Waals surface area contributed by atoms with Crippen LogP contribution >= 0.6 is 15.9 Å². The fourth-order valence-electron chi connectivity index (χ4n) is 0.747. The van der Waals surface area contributed by atoms with E-state index in [4.69, 9.17) is 0 Å². The molecule has 1 heterocycles. The summed E-state index contributed by atoms with van der Waals surface area (Å²) in [6.07, 6.45) is 4.94. The van der Waals surface area contributed by atoms with E-state index < -0.39 is 11.4 Å². The molecule has 0 saturated heterocycles. The van der Waals surface area contributed by atoms with Crippen LogP contribution in [0.5, 0.6) is 0 Å². The first-order valence-corrected chi connectivity index (χ1v) is 6.37. The molecule has 0 aliphatic rings. The van der Waals surface area contributed by atoms with E-state index in [0.29, 0.717) is 0 Å². The van der Waals surface area contributed by atoms with Crippen LogP contribution in [0.4, 0.5) is 0 Å². The summed E-state index contributed by atoms with van der Waals surface area (Å²) in [5.74, 6) is 0. The summed E-state index contributed by atoms with van der Waals surface area (Å²) in [4.78, 5) is 3.97. The Labute approximate surface area is 101 Å². The zero-order chi connectivity index (χ0) is 11.5. The van der Waals surface area contributed by atoms with Crippen molar-refractivity contribution in [3.05, 3.63) is 28.5 Å². The highest BCUT2D eigenvalue weighted by molar-refractivity contribution is 9.10. The predicted molar refractivity (Wildman–Crippen MR) is 67.4 cm³/mol. The van der Waals surface area contributed by atoms with Crippen molar-refractivity contribution >= 4 is 33.5 Å². The van der Waals surface area contributed by atoms with Crippen LogP contribution < -0.4 is 0 Å². The van der Waals surface area contributed by atoms with Gasteiger partial charge in [0.05, 0.1) is 6.21 Å². The summed E-state index contributed by atoms with van der Waals surface area (Å²) >= 11 is 2.14. The van der Waals surface area contributed by atoms with Gasteiger partial charge < -0.3 is 4.55 Å². The second kappa shape index (κ2) is 5.09. The summed E-state index contributed by atoms with van der Waals surface area (Å²) in [5, 5.41) is 0. The second-order valence-electron chi connectivity index (χ2n) is 3.99. The van der Waals surface area contributed by atoms with Gasteiger partial charge in [0, 0.05) is 22.4 Å². The maximum atomic E-state index is 11.6. The molecule has 0 fully saturated rings. The number of halogens is 1. The fourth-order valence-corrected chi connectivity index (χ4v) is 1.60. The van der Waals surface area contributed by atoms with E-state index in [1.165, 1.54) is 0 Å². The Kier molecular flexibility index (Phi) is 4.31. The topological polar surface area (TPSA) is 48.3 Å². The molecule has 0 amide bonds. The third-order valence-electron chi connectivity index (χ3n) is 1.61. The van der Waals surface area contributed by atoms with Gasteiger partial charge in [-0.2, -0.15) is 0 Å². The first kappa shape index (κ1) is 12.7. The Morgan fingerprint density at radius 3 is 2.73 bits per heavy atom. The van der Waals surface area contributed by atoms with Crippen LogP contribution in [0, 0.1) is 0 Å². The number of hydrogen-bond donors (Lipinski definition) is 0. The van der Waals surface area contributed by atoms with Gasteiger partial charge in [-0.3, -0.25) is 4.98 Å². The van der Waals surface area contributed by atoms with E-state index in [1.54, 1.807) is 18.6 Å². The lowest BCUT2D eigenvalue weighted by molar-refractivity contribution is 0.562. The van der Waals surface area contributed by atoms with Gasteiger partial charge in [-0.05, 0) is 26.8 Å². The summed E-state index contributed by atoms with van der Waals surface area (Å²) in [5.41, 5.74) is 0.829. The number of aromatic nitrogens is 1. The molecule has 1 aromatic heterocycles. The normalized spacial score (nSPS) is 14.5. The quantitative estimate of drug-likeness (QED) is 0.621. The van der Waals surface area contributed by atoms with Crippen LogP contribution in [-0.2, 0) is 11.4 Å². The molecule has 0 spiro atoms. The van der Waals surface area contributed by atoms with Crippen LogP contribution in [0.3, 0.4) is 0 Å². The van der Waals surface area contributed by atoms with Crippen molar-refractivity contribution in [2.75, 3.05) is 0 Å². The van der Waals surface area contributed by atoms with E-state index >= 15 is 0 Å². The maximum absolute atomic E-state index is 11.6. The first-order valence-electron chi connectivity index (χ1n) is 4.47. The van der Waals surface area contributed by atoms with E-state index in [1.807, 2.05) is 26.8 Å². The standard InChI is InChI=1S/C10H13BrN2OS/c1-10(2,3)15(14)13-7-8-6-12-5-4-9(8)11/h4-7H,1-3H3/b13-7+. The Bertz CT molecular complexity index is 363. The molecule has 1 aromatic rings. The molecular formula is C10H13BrN2OS. The van der Waals surface area contributed by atoms with Gasteiger partial charge in [-0.15, -0.1) is 0 Å². The largest absolute Gasteiger partial charge is 0.591 e. The van der Waals surface area contributed by atoms with E-state index in [-0.39, 0.29) is 4.75 Å². The Balaban J connectivity index is 2.79. The molecule has 0 radical (unpaired) electrons. The molecular weight excluding hydrogens is 276 g/mol. The van der Waals surface area contributed by atoms with Gasteiger partial charge in [0.25, 0.3) is 0 Å². The van der Waals surface area contributed by atoms with Gasteiger partial charge in [-0.25, -0.2) is 0 Å². The molecule has 0 bridgehead atoms. The molecule has 5 heteroatoms. The Morgan fingerprint density at radius 1 is 1.53 bits per heavy atom. The van der Waals surface area contributed by atoms with Crippen molar-refractivity contribution < 1.29 is 4.55 Å². The highest BCUT2D eigenvalue weighted by atomic mass is 79.9. The molecule has 0 N–H and O–H groups in total. The van der Waals surface area contributed by atoms with Crippen molar-refractivity contribution in [3.63, 3.8) is 0 Å². The van der Waals surface area contributed by atoms with Gasteiger partial charge in [0.15, 0.2) is 0 Å². The number of nitrogens with zero attached hydrogens (tertiary/aromatic N) is 2. The average molecular weight is 289 g/mol. The Morgan fingerprint density at radius 2 is 2.20 bits per heavy atom. The van der Waals surface area contributed by atoms with Gasteiger partial charge in [0.1, 0.15) is 16.1 Å². The number of hydrogen-bond acceptors (Lipinski definition) is 3. The SMILES string of the molecule is CC(C)(C)[S+]([O-])/N=C/c1cnccc1Br. The second-order valence-corrected chi connectivity index (χ2v) is 6.78. The van der Waals surface area contributed by atoms with Crippen LogP contribution in [0.25, 0.3) is 0 Å². The monoisotopic (exact) mass is 288 g/mol. The van der Waals surface area contributed by atoms with Crippen LogP contribution in [0.15, 0.2) is 27.3 Å². The van der Waals surface area contributed by atoms with Crippen LogP contribution in [-0.4, -0.2) is 20.5 Å². The number of rotatable bonds is 2. The van der Waals surface area contributed by atoms with E-state index in [0.717, 1.165) is 10.0 Å². The predicted octanol–water partition coefficient (Wildman–Crippen LogP) is 2.73. The molecule has 1 atom stereocenters. The maximum Gasteiger partial charge on any atom is 0.144 e. The summed E-state index contributed by atoms with van der Waals surface area (Å²) < 4.78 is 16.2. The lowest BCUT2D eigenvalue weighted by atomic mass is 10.3. The molecule has 15 heavy (non-hydrogen) atoms. The van der Waals surface area contributed by atoms with Crippen LogP contribution in [0.1, 0.15) is 26.3 Å². The molecule has 0 aromatic carbocycles. The summed E-state index contributed by atoms with van der Waals surface area (Å²) in [6.45, 7) is 5.66. The van der Waals surface area contributed by atoms with Gasteiger partial charge in [-0.1, -0.05) is 20.3 Å². The highest BCUT2D eigenvalue weighted by Gasteiger charge is 2.25. The zero-order valence-electron chi connectivity index (χ0n) is 8.90. The van der Waals surface area contributed by atoms with Crippen molar-refractivity contribution in [1.82, 2.24) is 4.98 Å². The highest BCUT2D eigenvalue weighted by Crippen LogP contribution is 2.18. The third kappa shape index (κ3) is 3.93. The van der Waals surface area contributed by atoms with Crippen molar-refractivity contribution in [1.29, 1.82) is 0 Å². The fraction of sp³-hybridized carbons (Fsp3) is 0.400. The number of pyridine rings is 1. The third-order valence-corrected chi connectivity index (χ3v) is 3.67. The van der Waals surface area contributed by atoms with Gasteiger partial charge >= 0.3 is 0 Å². The zero-order valence-corrected chi connectivity index (χ0v) is 11.3. The lowest BCUT2D eigenvalue weighted by Gasteiger charge is -2.17. The minimum Gasteiger partial charge on any atom is -0.591 e. The minimum atomic E-state index is -1.23.